The smallest absolute Gasteiger partial charge is 0.247 e. The molecule has 1 heterocycles. The van der Waals surface area contributed by atoms with Crippen LogP contribution in [0.5, 0.6) is 23.0 Å². The number of hydrogen-bond donors (Lipinski definition) is 1. The Morgan fingerprint density at radius 1 is 0.886 bits per heavy atom. The van der Waals surface area contributed by atoms with Gasteiger partial charge in [0.1, 0.15) is 11.5 Å². The molecule has 5 nitrogen and oxygen atoms in total. The number of methoxy groups -OCH3 is 1. The van der Waals surface area contributed by atoms with Crippen molar-refractivity contribution in [2.75, 3.05) is 13.7 Å². The number of piperidine rings is 1. The number of carbonyl (C=O) groups is 1. The Bertz CT molecular complexity index is 1180. The van der Waals surface area contributed by atoms with Crippen LogP contribution in [-0.2, 0) is 4.79 Å². The van der Waals surface area contributed by atoms with Gasteiger partial charge in [-0.25, -0.2) is 0 Å². The highest BCUT2D eigenvalue weighted by atomic mass is 16.5. The molecule has 2 fully saturated rings. The maximum atomic E-state index is 12.6. The van der Waals surface area contributed by atoms with Crippen molar-refractivity contribution < 1.29 is 19.0 Å². The van der Waals surface area contributed by atoms with Crippen LogP contribution in [0.15, 0.2) is 78.4 Å². The van der Waals surface area contributed by atoms with Gasteiger partial charge in [-0.1, -0.05) is 36.4 Å². The van der Waals surface area contributed by atoms with Crippen molar-refractivity contribution in [1.29, 1.82) is 0 Å². The van der Waals surface area contributed by atoms with Gasteiger partial charge in [0, 0.05) is 18.0 Å². The summed E-state index contributed by atoms with van der Waals surface area (Å²) in [7, 11) is 1.67. The monoisotopic (exact) mass is 469 g/mol. The van der Waals surface area contributed by atoms with Gasteiger partial charge < -0.3 is 19.5 Å². The van der Waals surface area contributed by atoms with Crippen molar-refractivity contribution in [3.8, 4) is 23.0 Å². The van der Waals surface area contributed by atoms with Gasteiger partial charge in [0.2, 0.25) is 5.91 Å². The minimum atomic E-state index is -0.0122. The predicted octanol–water partition coefficient (Wildman–Crippen LogP) is 6.50. The molecule has 3 aromatic rings. The summed E-state index contributed by atoms with van der Waals surface area (Å²) in [6.07, 6.45) is 7.51. The Hall–Kier alpha value is -3.73. The van der Waals surface area contributed by atoms with Gasteiger partial charge in [0.15, 0.2) is 11.5 Å². The van der Waals surface area contributed by atoms with Crippen LogP contribution in [0, 0.1) is 0 Å². The van der Waals surface area contributed by atoms with Crippen LogP contribution in [0.25, 0.3) is 6.08 Å². The third-order valence-electron chi connectivity index (χ3n) is 6.72. The summed E-state index contributed by atoms with van der Waals surface area (Å²) >= 11 is 0. The van der Waals surface area contributed by atoms with Crippen LogP contribution in [-0.4, -0.2) is 25.7 Å². The summed E-state index contributed by atoms with van der Waals surface area (Å²) in [5.74, 6) is 3.28. The number of rotatable bonds is 7. The molecular weight excluding hydrogens is 438 g/mol. The molecule has 0 radical (unpaired) electrons. The number of para-hydroxylation sites is 1. The first kappa shape index (κ1) is 23.0. The molecule has 1 N–H and O–H groups in total. The summed E-state index contributed by atoms with van der Waals surface area (Å²) < 4.78 is 17.7. The van der Waals surface area contributed by atoms with Crippen molar-refractivity contribution in [1.82, 2.24) is 5.32 Å². The van der Waals surface area contributed by atoms with E-state index in [1.54, 1.807) is 7.11 Å². The molecule has 2 aliphatic rings. The highest BCUT2D eigenvalue weighted by molar-refractivity contribution is 5.98. The van der Waals surface area contributed by atoms with Gasteiger partial charge in [-0.05, 0) is 85.7 Å². The zero-order chi connectivity index (χ0) is 24.0. The summed E-state index contributed by atoms with van der Waals surface area (Å²) in [6.45, 7) is 0.606. The van der Waals surface area contributed by atoms with Gasteiger partial charge in [0.25, 0.3) is 0 Å². The molecule has 5 heteroatoms. The Labute approximate surface area is 206 Å². The average molecular weight is 470 g/mol. The Kier molecular flexibility index (Phi) is 7.03. The molecule has 1 saturated heterocycles. The molecule has 0 bridgehead atoms. The summed E-state index contributed by atoms with van der Waals surface area (Å²) in [5, 5.41) is 3.06. The fourth-order valence-corrected chi connectivity index (χ4v) is 4.80. The van der Waals surface area contributed by atoms with Crippen molar-refractivity contribution in [3.63, 3.8) is 0 Å². The van der Waals surface area contributed by atoms with Crippen LogP contribution in [0.3, 0.4) is 0 Å². The average Bonchev–Trinajstić information content (AvgIpc) is 3.40. The molecule has 1 aliphatic heterocycles. The van der Waals surface area contributed by atoms with E-state index in [0.29, 0.717) is 13.0 Å². The normalized spacial score (nSPS) is 19.4. The fourth-order valence-electron chi connectivity index (χ4n) is 4.80. The Balaban J connectivity index is 1.30. The number of hydrogen-bond acceptors (Lipinski definition) is 4. The second kappa shape index (κ2) is 10.7. The highest BCUT2D eigenvalue weighted by Gasteiger charge is 2.26. The third-order valence-corrected chi connectivity index (χ3v) is 6.72. The molecule has 3 aromatic carbocycles. The second-order valence-electron chi connectivity index (χ2n) is 9.20. The first-order chi connectivity index (χ1) is 17.2. The van der Waals surface area contributed by atoms with E-state index in [9.17, 15) is 4.79 Å². The lowest BCUT2D eigenvalue weighted by atomic mass is 9.87. The van der Waals surface area contributed by atoms with Crippen LogP contribution >= 0.6 is 0 Å². The minimum Gasteiger partial charge on any atom is -0.493 e. The standard InChI is InChI=1S/C30H31NO4/c1-33-28-16-13-22(19-29(28)35-26-9-5-6-10-26)24-18-23(30(32)31-20-24)17-21-11-14-27(15-12-21)34-25-7-3-2-4-8-25/h2-4,7-8,11-17,19,24,26H,5-6,9-10,18,20H2,1H3,(H,31,32)/b23-17+/t24-/m1/s1. The van der Waals surface area contributed by atoms with Crippen molar-refractivity contribution in [3.05, 3.63) is 89.5 Å². The summed E-state index contributed by atoms with van der Waals surface area (Å²) in [4.78, 5) is 12.6. The molecule has 0 spiro atoms. The van der Waals surface area contributed by atoms with Crippen molar-refractivity contribution in [2.24, 2.45) is 0 Å². The lowest BCUT2D eigenvalue weighted by Gasteiger charge is -2.26. The van der Waals surface area contributed by atoms with E-state index in [2.05, 4.69) is 17.4 Å². The SMILES string of the molecule is COc1ccc([C@H]2CNC(=O)/C(=C/c3ccc(Oc4ccccc4)cc3)C2)cc1OC1CCCC1. The van der Waals surface area contributed by atoms with Crippen molar-refractivity contribution in [2.45, 2.75) is 44.1 Å². The largest absolute Gasteiger partial charge is 0.493 e. The number of carbonyl (C=O) groups excluding carboxylic acids is 1. The van der Waals surface area contributed by atoms with Crippen LogP contribution in [0.2, 0.25) is 0 Å². The first-order valence-corrected chi connectivity index (χ1v) is 12.3. The van der Waals surface area contributed by atoms with Gasteiger partial charge in [-0.2, -0.15) is 0 Å². The quantitative estimate of drug-likeness (QED) is 0.402. The minimum absolute atomic E-state index is 0.0122. The molecular formula is C30H31NO4. The molecule has 0 unspecified atom stereocenters. The fraction of sp³-hybridized carbons (Fsp3) is 0.300. The van der Waals surface area contributed by atoms with E-state index in [1.807, 2.05) is 66.7 Å². The molecule has 1 saturated carbocycles. The van der Waals surface area contributed by atoms with E-state index in [0.717, 1.165) is 52.5 Å². The Morgan fingerprint density at radius 2 is 1.63 bits per heavy atom. The van der Waals surface area contributed by atoms with Crippen LogP contribution < -0.4 is 19.5 Å². The maximum Gasteiger partial charge on any atom is 0.247 e. The van der Waals surface area contributed by atoms with Crippen LogP contribution in [0.4, 0.5) is 0 Å². The first-order valence-electron chi connectivity index (χ1n) is 12.3. The van der Waals surface area contributed by atoms with E-state index < -0.39 is 0 Å². The number of benzene rings is 3. The maximum absolute atomic E-state index is 12.6. The number of amides is 1. The van der Waals surface area contributed by atoms with E-state index in [1.165, 1.54) is 12.8 Å². The number of nitrogens with one attached hydrogen (secondary N) is 1. The highest BCUT2D eigenvalue weighted by Crippen LogP contribution is 2.37. The molecule has 0 aromatic heterocycles. The summed E-state index contributed by atoms with van der Waals surface area (Å²) in [5.41, 5.74) is 2.89. The predicted molar refractivity (Wildman–Crippen MR) is 137 cm³/mol. The molecule has 5 rings (SSSR count). The Morgan fingerprint density at radius 3 is 2.37 bits per heavy atom. The molecule has 1 atom stereocenters. The van der Waals surface area contributed by atoms with Gasteiger partial charge in [-0.3, -0.25) is 4.79 Å². The third kappa shape index (κ3) is 5.68. The lowest BCUT2D eigenvalue weighted by molar-refractivity contribution is -0.118. The van der Waals surface area contributed by atoms with Gasteiger partial charge in [0.05, 0.1) is 13.2 Å². The number of ether oxygens (including phenoxy) is 3. The molecule has 180 valence electrons. The zero-order valence-corrected chi connectivity index (χ0v) is 20.0. The van der Waals surface area contributed by atoms with E-state index >= 15 is 0 Å². The molecule has 35 heavy (non-hydrogen) atoms. The second-order valence-corrected chi connectivity index (χ2v) is 9.20. The molecule has 1 aliphatic carbocycles. The van der Waals surface area contributed by atoms with E-state index in [4.69, 9.17) is 14.2 Å². The topological polar surface area (TPSA) is 56.8 Å². The van der Waals surface area contributed by atoms with Crippen molar-refractivity contribution >= 4 is 12.0 Å². The van der Waals surface area contributed by atoms with Crippen LogP contribution in [0.1, 0.15) is 49.1 Å². The van der Waals surface area contributed by atoms with Gasteiger partial charge in [-0.15, -0.1) is 0 Å². The summed E-state index contributed by atoms with van der Waals surface area (Å²) in [6, 6.07) is 23.6. The van der Waals surface area contributed by atoms with E-state index in [-0.39, 0.29) is 17.9 Å². The zero-order valence-electron chi connectivity index (χ0n) is 20.0. The lowest BCUT2D eigenvalue weighted by Crippen LogP contribution is -2.35. The molecule has 1 amide bonds. The van der Waals surface area contributed by atoms with Gasteiger partial charge >= 0.3 is 0 Å².